The zero-order valence-corrected chi connectivity index (χ0v) is 8.39. The van der Waals surface area contributed by atoms with Crippen molar-refractivity contribution in [3.05, 3.63) is 0 Å². The number of nitrogens with one attached hydrogen (secondary N) is 2. The Hall–Kier alpha value is -0.610. The predicted molar refractivity (Wildman–Crippen MR) is 52.3 cm³/mol. The molecule has 0 bridgehead atoms. The van der Waals surface area contributed by atoms with Crippen LogP contribution in [0, 0.1) is 0 Å². The van der Waals surface area contributed by atoms with Gasteiger partial charge in [-0.25, -0.2) is 0 Å². The third-order valence-corrected chi connectivity index (χ3v) is 2.87. The molecule has 76 valence electrons. The third kappa shape index (κ3) is 1.84. The summed E-state index contributed by atoms with van der Waals surface area (Å²) in [6.45, 7) is 5.75. The Labute approximate surface area is 79.3 Å². The van der Waals surface area contributed by atoms with Crippen LogP contribution in [0.2, 0.25) is 0 Å². The number of hydrogen-bond acceptors (Lipinski definition) is 3. The van der Waals surface area contributed by atoms with Crippen LogP contribution in [-0.4, -0.2) is 30.6 Å². The first kappa shape index (κ1) is 10.5. The molecule has 0 radical (unpaired) electrons. The van der Waals surface area contributed by atoms with Crippen molar-refractivity contribution in [2.45, 2.75) is 38.3 Å². The summed E-state index contributed by atoms with van der Waals surface area (Å²) in [5.74, 6) is -0.242. The summed E-state index contributed by atoms with van der Waals surface area (Å²) < 4.78 is 0. The van der Waals surface area contributed by atoms with E-state index < -0.39 is 5.54 Å². The van der Waals surface area contributed by atoms with Crippen molar-refractivity contribution in [3.8, 4) is 0 Å². The number of carbonyl (C=O) groups is 1. The van der Waals surface area contributed by atoms with Crippen LogP contribution in [-0.2, 0) is 4.79 Å². The lowest BCUT2D eigenvalue weighted by Crippen LogP contribution is -2.68. The molecule has 0 aromatic carbocycles. The second kappa shape index (κ2) is 4.07. The van der Waals surface area contributed by atoms with E-state index in [-0.39, 0.29) is 11.9 Å². The van der Waals surface area contributed by atoms with E-state index in [0.717, 1.165) is 25.9 Å². The fraction of sp³-hybridized carbons (Fsp3) is 0.889. The van der Waals surface area contributed by atoms with E-state index in [0.29, 0.717) is 0 Å². The number of carbonyl (C=O) groups excluding carboxylic acids is 1. The molecule has 4 heteroatoms. The SMILES string of the molecule is CCNC1(C(N)=O)CCCNC1C. The second-order valence-corrected chi connectivity index (χ2v) is 3.65. The molecule has 1 aliphatic heterocycles. The highest BCUT2D eigenvalue weighted by Crippen LogP contribution is 2.21. The zero-order chi connectivity index (χ0) is 9.90. The topological polar surface area (TPSA) is 67.1 Å². The molecule has 1 fully saturated rings. The first-order valence-corrected chi connectivity index (χ1v) is 4.92. The van der Waals surface area contributed by atoms with Crippen LogP contribution in [0.4, 0.5) is 0 Å². The summed E-state index contributed by atoms with van der Waals surface area (Å²) in [6.07, 6.45) is 1.84. The molecular formula is C9H19N3O. The van der Waals surface area contributed by atoms with E-state index in [9.17, 15) is 4.79 Å². The normalized spacial score (nSPS) is 34.5. The average molecular weight is 185 g/mol. The van der Waals surface area contributed by atoms with E-state index in [1.54, 1.807) is 0 Å². The van der Waals surface area contributed by atoms with Crippen molar-refractivity contribution in [3.63, 3.8) is 0 Å². The number of primary amides is 1. The fourth-order valence-electron chi connectivity index (χ4n) is 2.06. The molecular weight excluding hydrogens is 166 g/mol. The van der Waals surface area contributed by atoms with Crippen molar-refractivity contribution in [2.24, 2.45) is 5.73 Å². The number of rotatable bonds is 3. The van der Waals surface area contributed by atoms with Crippen molar-refractivity contribution >= 4 is 5.91 Å². The predicted octanol–water partition coefficient (Wildman–Crippen LogP) is -0.408. The number of hydrogen-bond donors (Lipinski definition) is 3. The van der Waals surface area contributed by atoms with Gasteiger partial charge in [-0.1, -0.05) is 6.92 Å². The second-order valence-electron chi connectivity index (χ2n) is 3.65. The first-order valence-electron chi connectivity index (χ1n) is 4.92. The molecule has 2 atom stereocenters. The van der Waals surface area contributed by atoms with Gasteiger partial charge in [-0.05, 0) is 32.9 Å². The number of likely N-dealkylation sites (N-methyl/N-ethyl adjacent to an activating group) is 1. The van der Waals surface area contributed by atoms with Crippen LogP contribution in [0.15, 0.2) is 0 Å². The molecule has 1 aliphatic rings. The van der Waals surface area contributed by atoms with Crippen LogP contribution in [0.3, 0.4) is 0 Å². The van der Waals surface area contributed by atoms with Gasteiger partial charge in [-0.3, -0.25) is 4.79 Å². The molecule has 1 rings (SSSR count). The van der Waals surface area contributed by atoms with Crippen LogP contribution in [0.5, 0.6) is 0 Å². The molecule has 2 unspecified atom stereocenters. The third-order valence-electron chi connectivity index (χ3n) is 2.87. The highest BCUT2D eigenvalue weighted by molar-refractivity contribution is 5.85. The molecule has 4 N–H and O–H groups in total. The minimum absolute atomic E-state index is 0.124. The van der Waals surface area contributed by atoms with Gasteiger partial charge in [0.25, 0.3) is 0 Å². The van der Waals surface area contributed by atoms with Crippen LogP contribution in [0.1, 0.15) is 26.7 Å². The van der Waals surface area contributed by atoms with E-state index in [4.69, 9.17) is 5.73 Å². The Bertz CT molecular complexity index is 191. The largest absolute Gasteiger partial charge is 0.368 e. The van der Waals surface area contributed by atoms with E-state index >= 15 is 0 Å². The molecule has 0 aromatic rings. The fourth-order valence-corrected chi connectivity index (χ4v) is 2.06. The maximum atomic E-state index is 11.4. The zero-order valence-electron chi connectivity index (χ0n) is 8.39. The maximum absolute atomic E-state index is 11.4. The number of piperidine rings is 1. The molecule has 0 aliphatic carbocycles. The monoisotopic (exact) mass is 185 g/mol. The van der Waals surface area contributed by atoms with Gasteiger partial charge in [0, 0.05) is 6.04 Å². The lowest BCUT2D eigenvalue weighted by Gasteiger charge is -2.41. The van der Waals surface area contributed by atoms with E-state index in [1.807, 2.05) is 13.8 Å². The lowest BCUT2D eigenvalue weighted by molar-refractivity contribution is -0.126. The molecule has 13 heavy (non-hydrogen) atoms. The van der Waals surface area contributed by atoms with Crippen molar-refractivity contribution < 1.29 is 4.79 Å². The molecule has 0 spiro atoms. The van der Waals surface area contributed by atoms with Gasteiger partial charge >= 0.3 is 0 Å². The van der Waals surface area contributed by atoms with Gasteiger partial charge in [-0.2, -0.15) is 0 Å². The minimum atomic E-state index is -0.535. The van der Waals surface area contributed by atoms with Crippen molar-refractivity contribution in [2.75, 3.05) is 13.1 Å². The summed E-state index contributed by atoms with van der Waals surface area (Å²) >= 11 is 0. The summed E-state index contributed by atoms with van der Waals surface area (Å²) in [4.78, 5) is 11.4. The van der Waals surface area contributed by atoms with Gasteiger partial charge < -0.3 is 16.4 Å². The maximum Gasteiger partial charge on any atom is 0.239 e. The molecule has 4 nitrogen and oxygen atoms in total. The van der Waals surface area contributed by atoms with Gasteiger partial charge in [-0.15, -0.1) is 0 Å². The summed E-state index contributed by atoms with van der Waals surface area (Å²) in [7, 11) is 0. The van der Waals surface area contributed by atoms with Crippen molar-refractivity contribution in [1.82, 2.24) is 10.6 Å². The summed E-state index contributed by atoms with van der Waals surface area (Å²) in [6, 6.07) is 0.124. The molecule has 0 saturated carbocycles. The van der Waals surface area contributed by atoms with Gasteiger partial charge in [0.05, 0.1) is 0 Å². The summed E-state index contributed by atoms with van der Waals surface area (Å²) in [5.41, 5.74) is 4.90. The molecule has 1 saturated heterocycles. The lowest BCUT2D eigenvalue weighted by atomic mass is 9.82. The Balaban J connectivity index is 2.79. The minimum Gasteiger partial charge on any atom is -0.368 e. The molecule has 1 amide bonds. The highest BCUT2D eigenvalue weighted by atomic mass is 16.1. The Kier molecular flexibility index (Phi) is 3.27. The highest BCUT2D eigenvalue weighted by Gasteiger charge is 2.42. The Morgan fingerprint density at radius 3 is 2.92 bits per heavy atom. The van der Waals surface area contributed by atoms with Crippen LogP contribution >= 0.6 is 0 Å². The first-order chi connectivity index (χ1) is 6.13. The Morgan fingerprint density at radius 2 is 2.46 bits per heavy atom. The van der Waals surface area contributed by atoms with Gasteiger partial charge in [0.15, 0.2) is 0 Å². The van der Waals surface area contributed by atoms with Gasteiger partial charge in [0.2, 0.25) is 5.91 Å². The number of nitrogens with two attached hydrogens (primary N) is 1. The quantitative estimate of drug-likeness (QED) is 0.560. The van der Waals surface area contributed by atoms with E-state index in [1.165, 1.54) is 0 Å². The Morgan fingerprint density at radius 1 is 1.77 bits per heavy atom. The van der Waals surface area contributed by atoms with Crippen LogP contribution in [0.25, 0.3) is 0 Å². The van der Waals surface area contributed by atoms with Gasteiger partial charge in [0.1, 0.15) is 5.54 Å². The summed E-state index contributed by atoms with van der Waals surface area (Å²) in [5, 5.41) is 6.49. The molecule has 0 aromatic heterocycles. The number of amides is 1. The van der Waals surface area contributed by atoms with E-state index in [2.05, 4.69) is 10.6 Å². The average Bonchev–Trinajstić information content (AvgIpc) is 2.09. The van der Waals surface area contributed by atoms with Crippen molar-refractivity contribution in [1.29, 1.82) is 0 Å². The van der Waals surface area contributed by atoms with Crippen LogP contribution < -0.4 is 16.4 Å². The standard InChI is InChI=1S/C9H19N3O/c1-3-12-9(8(10)13)5-4-6-11-7(9)2/h7,11-12H,3-6H2,1-2H3,(H2,10,13). The molecule has 1 heterocycles. The smallest absolute Gasteiger partial charge is 0.239 e.